The third-order valence-electron chi connectivity index (χ3n) is 4.76. The predicted molar refractivity (Wildman–Crippen MR) is 111 cm³/mol. The second-order valence-electron chi connectivity index (χ2n) is 6.76. The largest absolute Gasteiger partial charge is 0.497 e. The van der Waals surface area contributed by atoms with Crippen molar-refractivity contribution in [3.63, 3.8) is 0 Å². The van der Waals surface area contributed by atoms with Crippen molar-refractivity contribution in [3.05, 3.63) is 67.1 Å². The molecular formula is C22H20N4O4. The highest BCUT2D eigenvalue weighted by Gasteiger charge is 2.35. The Morgan fingerprint density at radius 3 is 2.47 bits per heavy atom. The van der Waals surface area contributed by atoms with Crippen LogP contribution in [0.5, 0.6) is 17.4 Å². The van der Waals surface area contributed by atoms with Crippen molar-refractivity contribution in [2.45, 2.75) is 6.42 Å². The predicted octanol–water partition coefficient (Wildman–Crippen LogP) is 3.27. The number of nitrogens with zero attached hydrogens (tertiary/aromatic N) is 3. The second-order valence-corrected chi connectivity index (χ2v) is 6.76. The average molecular weight is 404 g/mol. The molecule has 1 aromatic heterocycles. The van der Waals surface area contributed by atoms with Gasteiger partial charge in [0.05, 0.1) is 19.2 Å². The summed E-state index contributed by atoms with van der Waals surface area (Å²) in [6, 6.07) is 14.1. The molecule has 0 spiro atoms. The van der Waals surface area contributed by atoms with Crippen LogP contribution in [0.4, 0.5) is 11.4 Å². The van der Waals surface area contributed by atoms with Crippen molar-refractivity contribution in [2.75, 3.05) is 23.9 Å². The van der Waals surface area contributed by atoms with Crippen LogP contribution in [0.25, 0.3) is 0 Å². The number of anilines is 2. The number of carbonyl (C=O) groups is 2. The van der Waals surface area contributed by atoms with E-state index in [0.717, 1.165) is 5.69 Å². The van der Waals surface area contributed by atoms with Crippen LogP contribution >= 0.6 is 0 Å². The van der Waals surface area contributed by atoms with Gasteiger partial charge in [-0.15, -0.1) is 0 Å². The molecule has 3 aromatic rings. The van der Waals surface area contributed by atoms with Gasteiger partial charge in [-0.1, -0.05) is 0 Å². The third-order valence-corrected chi connectivity index (χ3v) is 4.76. The van der Waals surface area contributed by atoms with Crippen molar-refractivity contribution in [3.8, 4) is 17.4 Å². The smallest absolute Gasteiger partial charge is 0.237 e. The van der Waals surface area contributed by atoms with E-state index in [4.69, 9.17) is 9.47 Å². The highest BCUT2D eigenvalue weighted by Crippen LogP contribution is 2.28. The van der Waals surface area contributed by atoms with Gasteiger partial charge in [0.25, 0.3) is 0 Å². The lowest BCUT2D eigenvalue weighted by molar-refractivity contribution is -0.122. The van der Waals surface area contributed by atoms with Crippen LogP contribution in [-0.4, -0.2) is 35.4 Å². The molecule has 2 amide bonds. The van der Waals surface area contributed by atoms with Crippen molar-refractivity contribution in [2.24, 2.45) is 5.92 Å². The minimum absolute atomic E-state index is 0.0759. The lowest BCUT2D eigenvalue weighted by Gasteiger charge is -2.17. The number of amides is 2. The molecule has 1 N–H and O–H groups in total. The van der Waals surface area contributed by atoms with Crippen LogP contribution in [0.3, 0.4) is 0 Å². The van der Waals surface area contributed by atoms with Crippen LogP contribution in [-0.2, 0) is 9.59 Å². The van der Waals surface area contributed by atoms with Gasteiger partial charge in [-0.2, -0.15) is 0 Å². The van der Waals surface area contributed by atoms with Crippen LogP contribution in [0, 0.1) is 5.92 Å². The van der Waals surface area contributed by atoms with Gasteiger partial charge in [0.2, 0.25) is 17.7 Å². The highest BCUT2D eigenvalue weighted by molar-refractivity contribution is 6.03. The number of aromatic nitrogens is 2. The zero-order valence-electron chi connectivity index (χ0n) is 16.3. The lowest BCUT2D eigenvalue weighted by Crippen LogP contribution is -2.28. The normalized spacial score (nSPS) is 15.7. The molecule has 152 valence electrons. The molecule has 0 aliphatic carbocycles. The van der Waals surface area contributed by atoms with E-state index in [0.29, 0.717) is 29.6 Å². The maximum Gasteiger partial charge on any atom is 0.237 e. The number of ether oxygens (including phenoxy) is 2. The summed E-state index contributed by atoms with van der Waals surface area (Å²) in [5.41, 5.74) is 1.38. The Morgan fingerprint density at radius 2 is 1.80 bits per heavy atom. The number of carbonyl (C=O) groups excluding carboxylic acids is 2. The summed E-state index contributed by atoms with van der Waals surface area (Å²) in [6.45, 7) is 0.338. The van der Waals surface area contributed by atoms with E-state index >= 15 is 0 Å². The van der Waals surface area contributed by atoms with Crippen LogP contribution < -0.4 is 19.7 Å². The Kier molecular flexibility index (Phi) is 5.56. The minimum Gasteiger partial charge on any atom is -0.497 e. The molecule has 1 aliphatic heterocycles. The van der Waals surface area contributed by atoms with Gasteiger partial charge < -0.3 is 19.7 Å². The quantitative estimate of drug-likeness (QED) is 0.678. The van der Waals surface area contributed by atoms with E-state index in [2.05, 4.69) is 15.3 Å². The average Bonchev–Trinajstić information content (AvgIpc) is 3.18. The Labute approximate surface area is 173 Å². The van der Waals surface area contributed by atoms with Gasteiger partial charge in [0.1, 0.15) is 11.5 Å². The summed E-state index contributed by atoms with van der Waals surface area (Å²) in [6.07, 6.45) is 4.80. The van der Waals surface area contributed by atoms with E-state index in [1.165, 1.54) is 6.20 Å². The molecule has 1 unspecified atom stereocenters. The molecule has 30 heavy (non-hydrogen) atoms. The van der Waals surface area contributed by atoms with Crippen molar-refractivity contribution < 1.29 is 19.1 Å². The number of nitrogens with one attached hydrogen (secondary N) is 1. The standard InChI is InChI=1S/C22H20N4O4/c1-29-18-8-4-17(5-9-18)26-14-15(12-21(26)27)22(28)25-16-2-6-19(7-3-16)30-20-13-23-10-11-24-20/h2-11,13,15H,12,14H2,1H3,(H,25,28). The van der Waals surface area contributed by atoms with Gasteiger partial charge in [-0.25, -0.2) is 4.98 Å². The first kappa shape index (κ1) is 19.4. The molecule has 2 heterocycles. The number of rotatable bonds is 6. The fourth-order valence-corrected chi connectivity index (χ4v) is 3.20. The zero-order chi connectivity index (χ0) is 20.9. The van der Waals surface area contributed by atoms with E-state index in [1.807, 2.05) is 12.1 Å². The molecule has 2 aromatic carbocycles. The van der Waals surface area contributed by atoms with Gasteiger partial charge in [0, 0.05) is 36.7 Å². The molecule has 8 heteroatoms. The van der Waals surface area contributed by atoms with E-state index in [9.17, 15) is 9.59 Å². The first-order chi connectivity index (χ1) is 14.6. The van der Waals surface area contributed by atoms with E-state index < -0.39 is 5.92 Å². The Bertz CT molecular complexity index is 1020. The van der Waals surface area contributed by atoms with Crippen molar-refractivity contribution in [1.29, 1.82) is 0 Å². The summed E-state index contributed by atoms with van der Waals surface area (Å²) < 4.78 is 10.7. The minimum atomic E-state index is -0.421. The highest BCUT2D eigenvalue weighted by atomic mass is 16.5. The third kappa shape index (κ3) is 4.38. The van der Waals surface area contributed by atoms with Crippen LogP contribution in [0.2, 0.25) is 0 Å². The fourth-order valence-electron chi connectivity index (χ4n) is 3.20. The number of methoxy groups -OCH3 is 1. The maximum atomic E-state index is 12.7. The summed E-state index contributed by atoms with van der Waals surface area (Å²) in [4.78, 5) is 34.7. The van der Waals surface area contributed by atoms with Gasteiger partial charge in [0.15, 0.2) is 0 Å². The molecule has 0 radical (unpaired) electrons. The fraction of sp³-hybridized carbons (Fsp3) is 0.182. The summed E-state index contributed by atoms with van der Waals surface area (Å²) in [5, 5.41) is 2.86. The molecule has 8 nitrogen and oxygen atoms in total. The summed E-state index contributed by atoms with van der Waals surface area (Å²) >= 11 is 0. The summed E-state index contributed by atoms with van der Waals surface area (Å²) in [7, 11) is 1.59. The Morgan fingerprint density at radius 1 is 1.07 bits per heavy atom. The number of hydrogen-bond donors (Lipinski definition) is 1. The van der Waals surface area contributed by atoms with E-state index in [1.54, 1.807) is 60.8 Å². The van der Waals surface area contributed by atoms with Gasteiger partial charge >= 0.3 is 0 Å². The SMILES string of the molecule is COc1ccc(N2CC(C(=O)Nc3ccc(Oc4cnccn4)cc3)CC2=O)cc1. The lowest BCUT2D eigenvalue weighted by atomic mass is 10.1. The van der Waals surface area contributed by atoms with Gasteiger partial charge in [-0.05, 0) is 48.5 Å². The first-order valence-corrected chi connectivity index (χ1v) is 9.41. The summed E-state index contributed by atoms with van der Waals surface area (Å²) in [5.74, 6) is 0.990. The van der Waals surface area contributed by atoms with E-state index in [-0.39, 0.29) is 18.2 Å². The maximum absolute atomic E-state index is 12.7. The second kappa shape index (κ2) is 8.60. The Hall–Kier alpha value is -3.94. The molecule has 0 saturated carbocycles. The monoisotopic (exact) mass is 404 g/mol. The zero-order valence-corrected chi connectivity index (χ0v) is 16.3. The van der Waals surface area contributed by atoms with Crippen molar-refractivity contribution >= 4 is 23.2 Å². The molecule has 1 aliphatic rings. The van der Waals surface area contributed by atoms with Crippen molar-refractivity contribution in [1.82, 2.24) is 9.97 Å². The number of hydrogen-bond acceptors (Lipinski definition) is 6. The molecule has 1 saturated heterocycles. The molecular weight excluding hydrogens is 384 g/mol. The number of benzene rings is 2. The molecule has 4 rings (SSSR count). The topological polar surface area (TPSA) is 93.7 Å². The Balaban J connectivity index is 1.36. The van der Waals surface area contributed by atoms with Crippen LogP contribution in [0.1, 0.15) is 6.42 Å². The van der Waals surface area contributed by atoms with Gasteiger partial charge in [-0.3, -0.25) is 14.6 Å². The molecule has 1 atom stereocenters. The molecule has 0 bridgehead atoms. The van der Waals surface area contributed by atoms with Crippen LogP contribution in [0.15, 0.2) is 67.1 Å². The molecule has 1 fully saturated rings. The first-order valence-electron chi connectivity index (χ1n) is 9.41.